The van der Waals surface area contributed by atoms with Crippen LogP contribution < -0.4 is 5.32 Å². The molecule has 1 atom stereocenters. The molecule has 0 fully saturated rings. The maximum Gasteiger partial charge on any atom is 0.0419 e. The van der Waals surface area contributed by atoms with E-state index >= 15 is 0 Å². The van der Waals surface area contributed by atoms with Gasteiger partial charge in [0.2, 0.25) is 0 Å². The third-order valence-corrected chi connectivity index (χ3v) is 1.51. The second-order valence-corrected chi connectivity index (χ2v) is 2.68. The van der Waals surface area contributed by atoms with Crippen molar-refractivity contribution in [1.29, 1.82) is 0 Å². The summed E-state index contributed by atoms with van der Waals surface area (Å²) in [6, 6.07) is 0.441. The summed E-state index contributed by atoms with van der Waals surface area (Å²) in [6.45, 7) is 12.0. The Balaban J connectivity index is 0.000000561. The van der Waals surface area contributed by atoms with E-state index in [9.17, 15) is 0 Å². The van der Waals surface area contributed by atoms with Crippen molar-refractivity contribution in [3.63, 3.8) is 0 Å². The fraction of sp³-hybridized carbons (Fsp3) is 0.455. The van der Waals surface area contributed by atoms with Crippen molar-refractivity contribution in [2.45, 2.75) is 33.7 Å². The van der Waals surface area contributed by atoms with Crippen molar-refractivity contribution in [3.05, 3.63) is 36.1 Å². The molecule has 0 saturated heterocycles. The van der Waals surface area contributed by atoms with E-state index in [1.807, 2.05) is 26.8 Å². The Morgan fingerprint density at radius 3 is 2.42 bits per heavy atom. The van der Waals surface area contributed by atoms with Crippen LogP contribution in [0.5, 0.6) is 0 Å². The Kier molecular flexibility index (Phi) is 5.18. The van der Waals surface area contributed by atoms with E-state index in [0.29, 0.717) is 6.04 Å². The average molecular weight is 165 g/mol. The zero-order valence-electron chi connectivity index (χ0n) is 8.52. The first-order valence-electron chi connectivity index (χ1n) is 4.51. The topological polar surface area (TPSA) is 12.0 Å². The summed E-state index contributed by atoms with van der Waals surface area (Å²) in [5.74, 6) is 0. The van der Waals surface area contributed by atoms with Crippen molar-refractivity contribution >= 4 is 0 Å². The Morgan fingerprint density at radius 2 is 2.08 bits per heavy atom. The monoisotopic (exact) mass is 165 g/mol. The summed E-state index contributed by atoms with van der Waals surface area (Å²) < 4.78 is 0. The molecule has 0 saturated carbocycles. The van der Waals surface area contributed by atoms with Gasteiger partial charge in [-0.25, -0.2) is 0 Å². The fourth-order valence-corrected chi connectivity index (χ4v) is 0.925. The number of dihydropyridines is 1. The molecule has 0 aliphatic carbocycles. The SMILES string of the molecule is C=C(C)C1=CC=CC(C)N1.CC. The van der Waals surface area contributed by atoms with Crippen LogP contribution >= 0.6 is 0 Å². The molecule has 1 nitrogen and oxygen atoms in total. The predicted octanol–water partition coefficient (Wildman–Crippen LogP) is 3.02. The van der Waals surface area contributed by atoms with Gasteiger partial charge in [0.15, 0.2) is 0 Å². The van der Waals surface area contributed by atoms with Crippen LogP contribution in [0.1, 0.15) is 27.7 Å². The van der Waals surface area contributed by atoms with E-state index in [-0.39, 0.29) is 0 Å². The first kappa shape index (κ1) is 11.0. The van der Waals surface area contributed by atoms with Gasteiger partial charge >= 0.3 is 0 Å². The molecule has 1 aliphatic heterocycles. The second kappa shape index (κ2) is 5.64. The summed E-state index contributed by atoms with van der Waals surface area (Å²) in [5, 5.41) is 3.29. The molecule has 12 heavy (non-hydrogen) atoms. The highest BCUT2D eigenvalue weighted by Crippen LogP contribution is 2.08. The van der Waals surface area contributed by atoms with E-state index in [1.54, 1.807) is 0 Å². The van der Waals surface area contributed by atoms with Gasteiger partial charge in [0.25, 0.3) is 0 Å². The molecule has 0 radical (unpaired) electrons. The largest absolute Gasteiger partial charge is 0.379 e. The molecule has 0 bridgehead atoms. The molecule has 68 valence electrons. The minimum atomic E-state index is 0.441. The number of hydrogen-bond donors (Lipinski definition) is 1. The molecule has 1 heterocycles. The standard InChI is InChI=1S/C9H13N.C2H6/c1-7(2)9-6-4-5-8(3)10-9;1-2/h4-6,8,10H,1H2,2-3H3;1-2H3. The highest BCUT2D eigenvalue weighted by molar-refractivity contribution is 5.32. The zero-order valence-corrected chi connectivity index (χ0v) is 8.52. The van der Waals surface area contributed by atoms with Crippen LogP contribution in [-0.2, 0) is 0 Å². The van der Waals surface area contributed by atoms with Gasteiger partial charge in [-0.2, -0.15) is 0 Å². The molecule has 0 aromatic rings. The van der Waals surface area contributed by atoms with Crippen LogP contribution in [-0.4, -0.2) is 6.04 Å². The molecule has 0 amide bonds. The van der Waals surface area contributed by atoms with Gasteiger partial charge in [0, 0.05) is 11.7 Å². The molecule has 1 rings (SSSR count). The Hall–Kier alpha value is -0.980. The van der Waals surface area contributed by atoms with Crippen molar-refractivity contribution < 1.29 is 0 Å². The Morgan fingerprint density at radius 1 is 1.50 bits per heavy atom. The molecule has 1 unspecified atom stereocenters. The highest BCUT2D eigenvalue weighted by Gasteiger charge is 2.03. The van der Waals surface area contributed by atoms with Gasteiger partial charge in [-0.1, -0.05) is 32.6 Å². The number of hydrogen-bond acceptors (Lipinski definition) is 1. The molecule has 1 N–H and O–H groups in total. The van der Waals surface area contributed by atoms with Gasteiger partial charge in [0.05, 0.1) is 0 Å². The van der Waals surface area contributed by atoms with Crippen LogP contribution in [0.15, 0.2) is 36.1 Å². The second-order valence-electron chi connectivity index (χ2n) is 2.68. The normalized spacial score (nSPS) is 20.0. The third kappa shape index (κ3) is 3.42. The molecular weight excluding hydrogens is 146 g/mol. The smallest absolute Gasteiger partial charge is 0.0419 e. The van der Waals surface area contributed by atoms with Gasteiger partial charge in [0.1, 0.15) is 0 Å². The summed E-state index contributed by atoms with van der Waals surface area (Å²) in [4.78, 5) is 0. The van der Waals surface area contributed by atoms with E-state index in [2.05, 4.69) is 31.0 Å². The van der Waals surface area contributed by atoms with E-state index in [1.165, 1.54) is 0 Å². The van der Waals surface area contributed by atoms with Crippen LogP contribution in [0.2, 0.25) is 0 Å². The summed E-state index contributed by atoms with van der Waals surface area (Å²) in [5.41, 5.74) is 2.24. The van der Waals surface area contributed by atoms with Crippen molar-refractivity contribution in [3.8, 4) is 0 Å². The van der Waals surface area contributed by atoms with Crippen LogP contribution in [0.3, 0.4) is 0 Å². The quantitative estimate of drug-likeness (QED) is 0.629. The first-order chi connectivity index (χ1) is 5.70. The number of rotatable bonds is 1. The van der Waals surface area contributed by atoms with Crippen molar-refractivity contribution in [1.82, 2.24) is 5.32 Å². The third-order valence-electron chi connectivity index (χ3n) is 1.51. The summed E-state index contributed by atoms with van der Waals surface area (Å²) in [7, 11) is 0. The van der Waals surface area contributed by atoms with Crippen molar-refractivity contribution in [2.24, 2.45) is 0 Å². The first-order valence-corrected chi connectivity index (χ1v) is 4.51. The molecule has 0 aromatic heterocycles. The van der Waals surface area contributed by atoms with Gasteiger partial charge in [-0.15, -0.1) is 0 Å². The number of nitrogens with one attached hydrogen (secondary N) is 1. The van der Waals surface area contributed by atoms with Gasteiger partial charge < -0.3 is 5.32 Å². The van der Waals surface area contributed by atoms with E-state index < -0.39 is 0 Å². The maximum atomic E-state index is 3.85. The molecule has 0 aromatic carbocycles. The minimum Gasteiger partial charge on any atom is -0.379 e. The van der Waals surface area contributed by atoms with Crippen molar-refractivity contribution in [2.75, 3.05) is 0 Å². The molecule has 1 heteroatoms. The Bertz CT molecular complexity index is 199. The highest BCUT2D eigenvalue weighted by atomic mass is 14.9. The van der Waals surface area contributed by atoms with E-state index in [0.717, 1.165) is 11.3 Å². The Labute approximate surface area is 75.9 Å². The molecule has 0 spiro atoms. The van der Waals surface area contributed by atoms with Gasteiger partial charge in [-0.05, 0) is 25.5 Å². The maximum absolute atomic E-state index is 3.85. The fourth-order valence-electron chi connectivity index (χ4n) is 0.925. The van der Waals surface area contributed by atoms with E-state index in [4.69, 9.17) is 0 Å². The minimum absolute atomic E-state index is 0.441. The zero-order chi connectivity index (χ0) is 9.56. The lowest BCUT2D eigenvalue weighted by molar-refractivity contribution is 0.725. The van der Waals surface area contributed by atoms with Crippen LogP contribution in [0, 0.1) is 0 Å². The number of allylic oxidation sites excluding steroid dienone is 3. The van der Waals surface area contributed by atoms with Gasteiger partial charge in [-0.3, -0.25) is 0 Å². The lowest BCUT2D eigenvalue weighted by Crippen LogP contribution is -2.25. The lowest BCUT2D eigenvalue weighted by atomic mass is 10.1. The predicted molar refractivity (Wildman–Crippen MR) is 56.0 cm³/mol. The lowest BCUT2D eigenvalue weighted by Gasteiger charge is -2.17. The molecular formula is C11H19N. The molecule has 1 aliphatic rings. The van der Waals surface area contributed by atoms with Crippen LogP contribution in [0.4, 0.5) is 0 Å². The average Bonchev–Trinajstić information content (AvgIpc) is 2.08. The van der Waals surface area contributed by atoms with Crippen LogP contribution in [0.25, 0.3) is 0 Å². The summed E-state index contributed by atoms with van der Waals surface area (Å²) >= 11 is 0. The summed E-state index contributed by atoms with van der Waals surface area (Å²) in [6.07, 6.45) is 6.22.